The van der Waals surface area contributed by atoms with Crippen molar-refractivity contribution in [1.29, 1.82) is 0 Å². The molecule has 11 heteroatoms. The maximum Gasteiger partial charge on any atom is 0.412 e. The van der Waals surface area contributed by atoms with E-state index in [1.54, 1.807) is 0 Å². The quantitative estimate of drug-likeness (QED) is 0.188. The number of alkyl halides is 2. The summed E-state index contributed by atoms with van der Waals surface area (Å²) >= 11 is 0. The summed E-state index contributed by atoms with van der Waals surface area (Å²) in [5.74, 6) is -1.27. The Kier molecular flexibility index (Phi) is 14.6. The van der Waals surface area contributed by atoms with Crippen LogP contribution in [-0.4, -0.2) is 57.2 Å². The smallest absolute Gasteiger partial charge is 0.412 e. The predicted octanol–water partition coefficient (Wildman–Crippen LogP) is 6.14. The van der Waals surface area contributed by atoms with E-state index in [-0.39, 0.29) is 12.4 Å². The van der Waals surface area contributed by atoms with E-state index in [0.29, 0.717) is 22.8 Å². The predicted molar refractivity (Wildman–Crippen MR) is 154 cm³/mol. The van der Waals surface area contributed by atoms with Gasteiger partial charge in [-0.1, -0.05) is 92.4 Å². The van der Waals surface area contributed by atoms with Crippen LogP contribution in [0.2, 0.25) is 0 Å². The summed E-state index contributed by atoms with van der Waals surface area (Å²) in [5.41, 5.74) is -1.11. The van der Waals surface area contributed by atoms with E-state index < -0.39 is 42.7 Å². The average molecular weight is 588 g/mol. The second kappa shape index (κ2) is 17.1. The molecule has 0 saturated carbocycles. The van der Waals surface area contributed by atoms with Crippen LogP contribution in [0.25, 0.3) is 0 Å². The minimum Gasteiger partial charge on any atom is -0.449 e. The molecule has 3 N–H and O–H groups in total. The van der Waals surface area contributed by atoms with Gasteiger partial charge in [-0.25, -0.2) is 9.59 Å². The molecule has 0 bridgehead atoms. The third-order valence-electron chi connectivity index (χ3n) is 7.98. The molecule has 0 aromatic carbocycles. The van der Waals surface area contributed by atoms with Gasteiger partial charge in [0, 0.05) is 6.20 Å². The fraction of sp³-hybridized carbons (Fsp3) is 0.833. The van der Waals surface area contributed by atoms with Crippen molar-refractivity contribution in [3.05, 3.63) is 22.7 Å². The van der Waals surface area contributed by atoms with E-state index in [9.17, 15) is 23.5 Å². The molecule has 2 heterocycles. The second-order valence-corrected chi connectivity index (χ2v) is 12.4. The number of nitrogens with zero attached hydrogens (tertiary/aromatic N) is 2. The van der Waals surface area contributed by atoms with Gasteiger partial charge in [-0.2, -0.15) is 13.8 Å². The summed E-state index contributed by atoms with van der Waals surface area (Å²) in [6.07, 6.45) is 6.20. The van der Waals surface area contributed by atoms with E-state index in [2.05, 4.69) is 44.9 Å². The van der Waals surface area contributed by atoms with Gasteiger partial charge in [-0.05, 0) is 36.2 Å². The van der Waals surface area contributed by atoms with E-state index in [1.165, 1.54) is 44.9 Å². The van der Waals surface area contributed by atoms with Gasteiger partial charge in [-0.15, -0.1) is 0 Å². The number of aromatic nitrogens is 2. The molecular formula is C30H51F2N3O6. The molecule has 1 aromatic heterocycles. The summed E-state index contributed by atoms with van der Waals surface area (Å²) in [6, 6.07) is 1.15. The standard InChI is InChI=1S/C30H51F2N3O6/c1-20(2)9-6-10-21(3)11-7-12-22(4)13-8-14-23(5)16-18-40-29(39)34-25-15-17-35(28(38)33-25)27-30(31,32)26(37)24(19-36)41-27/h15,17,20-24,26-27,36-37H,6-14,16,18-19H2,1-5H3,(H,33,34,38,39)/t21?,22?,23?,24-,26+,27-/m1/s1. The summed E-state index contributed by atoms with van der Waals surface area (Å²) in [7, 11) is 0. The van der Waals surface area contributed by atoms with Crippen molar-refractivity contribution in [2.24, 2.45) is 23.7 Å². The molecular weight excluding hydrogens is 536 g/mol. The minimum atomic E-state index is -3.81. The van der Waals surface area contributed by atoms with E-state index in [4.69, 9.17) is 14.6 Å². The number of nitrogens with one attached hydrogen (secondary N) is 1. The van der Waals surface area contributed by atoms with Gasteiger partial charge < -0.3 is 19.7 Å². The minimum absolute atomic E-state index is 0.163. The Hall–Kier alpha value is -2.11. The maximum absolute atomic E-state index is 14.3. The normalized spacial score (nSPS) is 22.4. The van der Waals surface area contributed by atoms with Crippen LogP contribution in [0.4, 0.5) is 19.4 Å². The lowest BCUT2D eigenvalue weighted by Crippen LogP contribution is -2.41. The van der Waals surface area contributed by atoms with Gasteiger partial charge in [0.1, 0.15) is 11.9 Å². The Morgan fingerprint density at radius 2 is 1.56 bits per heavy atom. The van der Waals surface area contributed by atoms with Crippen LogP contribution in [0.3, 0.4) is 0 Å². The first-order chi connectivity index (χ1) is 19.3. The summed E-state index contributed by atoms with van der Waals surface area (Å²) < 4.78 is 39.3. The zero-order chi connectivity index (χ0) is 30.6. The number of amides is 1. The molecule has 9 nitrogen and oxygen atoms in total. The molecule has 0 radical (unpaired) electrons. The fourth-order valence-corrected chi connectivity index (χ4v) is 5.21. The fourth-order valence-electron chi connectivity index (χ4n) is 5.21. The molecule has 1 fully saturated rings. The number of aliphatic hydroxyl groups excluding tert-OH is 2. The molecule has 6 atom stereocenters. The van der Waals surface area contributed by atoms with Gasteiger partial charge in [0.15, 0.2) is 6.10 Å². The molecule has 1 aliphatic heterocycles. The van der Waals surface area contributed by atoms with E-state index in [1.807, 2.05) is 0 Å². The van der Waals surface area contributed by atoms with Crippen LogP contribution in [-0.2, 0) is 9.47 Å². The van der Waals surface area contributed by atoms with Crippen molar-refractivity contribution >= 4 is 11.9 Å². The Labute approximate surface area is 243 Å². The number of carbonyl (C=O) groups excluding carboxylic acids is 1. The van der Waals surface area contributed by atoms with Crippen molar-refractivity contribution in [3.63, 3.8) is 0 Å². The van der Waals surface area contributed by atoms with Gasteiger partial charge in [-0.3, -0.25) is 9.88 Å². The van der Waals surface area contributed by atoms with Crippen LogP contribution < -0.4 is 11.0 Å². The van der Waals surface area contributed by atoms with Crippen molar-refractivity contribution in [2.45, 2.75) is 123 Å². The molecule has 2 rings (SSSR count). The second-order valence-electron chi connectivity index (χ2n) is 12.4. The molecule has 236 valence electrons. The number of anilines is 1. The Bertz CT molecular complexity index is 976. The van der Waals surface area contributed by atoms with Crippen LogP contribution in [0.5, 0.6) is 0 Å². The largest absolute Gasteiger partial charge is 0.449 e. The molecule has 0 spiro atoms. The molecule has 0 aliphatic carbocycles. The van der Waals surface area contributed by atoms with Gasteiger partial charge >= 0.3 is 17.7 Å². The number of ether oxygens (including phenoxy) is 2. The highest BCUT2D eigenvalue weighted by atomic mass is 19.3. The molecule has 1 amide bonds. The maximum atomic E-state index is 14.3. The Morgan fingerprint density at radius 3 is 2.05 bits per heavy atom. The van der Waals surface area contributed by atoms with Crippen LogP contribution in [0.1, 0.15) is 105 Å². The molecule has 1 aromatic rings. The lowest BCUT2D eigenvalue weighted by atomic mass is 9.91. The van der Waals surface area contributed by atoms with Crippen molar-refractivity contribution in [1.82, 2.24) is 9.55 Å². The lowest BCUT2D eigenvalue weighted by molar-refractivity contribution is -0.140. The zero-order valence-corrected chi connectivity index (χ0v) is 25.4. The van der Waals surface area contributed by atoms with Crippen molar-refractivity contribution in [3.8, 4) is 0 Å². The number of carbonyl (C=O) groups is 1. The monoisotopic (exact) mass is 587 g/mol. The zero-order valence-electron chi connectivity index (χ0n) is 25.4. The molecule has 3 unspecified atom stereocenters. The SMILES string of the molecule is CC(C)CCCC(C)CCCC(C)CCCC(C)CCOC(=O)Nc1ccn([C@@H]2O[C@H](CO)[C@H](O)C2(F)F)c(=O)n1. The number of hydrogen-bond acceptors (Lipinski definition) is 7. The molecule has 41 heavy (non-hydrogen) atoms. The number of aliphatic hydroxyl groups is 2. The average Bonchev–Trinajstić information content (AvgIpc) is 3.12. The van der Waals surface area contributed by atoms with Gasteiger partial charge in [0.05, 0.1) is 13.2 Å². The third kappa shape index (κ3) is 11.6. The van der Waals surface area contributed by atoms with Crippen LogP contribution in [0.15, 0.2) is 17.1 Å². The van der Waals surface area contributed by atoms with E-state index >= 15 is 0 Å². The molecule has 1 aliphatic rings. The topological polar surface area (TPSA) is 123 Å². The number of halogens is 2. The highest BCUT2D eigenvalue weighted by Gasteiger charge is 2.59. The third-order valence-corrected chi connectivity index (χ3v) is 7.98. The van der Waals surface area contributed by atoms with Crippen molar-refractivity contribution in [2.75, 3.05) is 18.5 Å². The first-order valence-electron chi connectivity index (χ1n) is 15.2. The summed E-state index contributed by atoms with van der Waals surface area (Å²) in [6.45, 7) is 10.8. The summed E-state index contributed by atoms with van der Waals surface area (Å²) in [4.78, 5) is 28.0. The van der Waals surface area contributed by atoms with Crippen molar-refractivity contribution < 1.29 is 33.3 Å². The lowest BCUT2D eigenvalue weighted by Gasteiger charge is -2.21. The highest BCUT2D eigenvalue weighted by molar-refractivity contribution is 5.83. The van der Waals surface area contributed by atoms with Crippen LogP contribution >= 0.6 is 0 Å². The Balaban J connectivity index is 1.63. The van der Waals surface area contributed by atoms with E-state index in [0.717, 1.165) is 36.9 Å². The highest BCUT2D eigenvalue weighted by Crippen LogP contribution is 2.42. The first-order valence-corrected chi connectivity index (χ1v) is 15.2. The first kappa shape index (κ1) is 35.1. The van der Waals surface area contributed by atoms with Gasteiger partial charge in [0.2, 0.25) is 6.23 Å². The van der Waals surface area contributed by atoms with Crippen LogP contribution in [0, 0.1) is 23.7 Å². The molecule has 1 saturated heterocycles. The number of hydrogen-bond donors (Lipinski definition) is 3. The Morgan fingerprint density at radius 1 is 1.02 bits per heavy atom. The van der Waals surface area contributed by atoms with Gasteiger partial charge in [0.25, 0.3) is 0 Å². The number of rotatable bonds is 18. The summed E-state index contributed by atoms with van der Waals surface area (Å²) in [5, 5.41) is 21.1.